The molecule has 3 aliphatic heterocycles. The molecule has 0 N–H and O–H groups in total. The molecule has 3 aliphatic rings. The number of fused-ring (bicyclic) bond motifs is 2. The third-order valence-electron chi connectivity index (χ3n) is 6.85. The summed E-state index contributed by atoms with van der Waals surface area (Å²) in [5, 5.41) is 0. The number of ketones is 1. The van der Waals surface area contributed by atoms with Crippen molar-refractivity contribution in [3.63, 3.8) is 0 Å². The predicted molar refractivity (Wildman–Crippen MR) is 125 cm³/mol. The van der Waals surface area contributed by atoms with E-state index in [9.17, 15) is 9.59 Å². The second-order valence-corrected chi connectivity index (χ2v) is 8.92. The number of ether oxygens (including phenoxy) is 3. The Morgan fingerprint density at radius 1 is 1.00 bits per heavy atom. The number of piperidine rings is 1. The summed E-state index contributed by atoms with van der Waals surface area (Å²) in [6.45, 7) is 3.67. The maximum Gasteiger partial charge on any atom is 0.241 e. The Bertz CT molecular complexity index is 1040. The Balaban J connectivity index is 1.18. The molecule has 5 rings (SSSR count). The molecule has 33 heavy (non-hydrogen) atoms. The number of hydrogen-bond acceptors (Lipinski definition) is 6. The van der Waals surface area contributed by atoms with Gasteiger partial charge in [0.15, 0.2) is 17.3 Å². The van der Waals surface area contributed by atoms with E-state index < -0.39 is 0 Å². The largest absolute Gasteiger partial charge is 0.497 e. The van der Waals surface area contributed by atoms with E-state index in [4.69, 9.17) is 14.2 Å². The number of Topliss-reactive ketones (excluding diaryl/α,β-unsaturated/α-hetero) is 1. The third-order valence-corrected chi connectivity index (χ3v) is 6.85. The predicted octanol–water partition coefficient (Wildman–Crippen LogP) is 3.34. The van der Waals surface area contributed by atoms with Crippen molar-refractivity contribution in [2.45, 2.75) is 25.7 Å². The number of carbonyl (C=O) groups is 2. The molecular formula is C26H30N2O5. The quantitative estimate of drug-likeness (QED) is 0.651. The van der Waals surface area contributed by atoms with Crippen molar-refractivity contribution in [1.82, 2.24) is 4.90 Å². The van der Waals surface area contributed by atoms with Gasteiger partial charge < -0.3 is 19.1 Å². The Hall–Kier alpha value is -3.06. The van der Waals surface area contributed by atoms with Gasteiger partial charge in [-0.05, 0) is 80.7 Å². The van der Waals surface area contributed by atoms with Crippen LogP contribution in [0.25, 0.3) is 0 Å². The van der Waals surface area contributed by atoms with E-state index in [2.05, 4.69) is 4.90 Å². The molecule has 0 bridgehead atoms. The van der Waals surface area contributed by atoms with Crippen LogP contribution in [0.15, 0.2) is 36.4 Å². The zero-order valence-electron chi connectivity index (χ0n) is 19.0. The van der Waals surface area contributed by atoms with E-state index in [1.165, 1.54) is 0 Å². The number of hydrogen-bond donors (Lipinski definition) is 0. The van der Waals surface area contributed by atoms with Gasteiger partial charge in [0, 0.05) is 23.7 Å². The first-order valence-corrected chi connectivity index (χ1v) is 11.8. The lowest BCUT2D eigenvalue weighted by Gasteiger charge is -2.34. The molecule has 0 saturated carbocycles. The first kappa shape index (κ1) is 21.8. The van der Waals surface area contributed by atoms with Gasteiger partial charge in [-0.3, -0.25) is 14.5 Å². The van der Waals surface area contributed by atoms with Crippen molar-refractivity contribution in [2.75, 3.05) is 51.4 Å². The van der Waals surface area contributed by atoms with E-state index in [1.807, 2.05) is 35.2 Å². The van der Waals surface area contributed by atoms with Crippen LogP contribution in [0.3, 0.4) is 0 Å². The molecule has 2 aromatic rings. The summed E-state index contributed by atoms with van der Waals surface area (Å²) in [5.41, 5.74) is 2.84. The van der Waals surface area contributed by atoms with Gasteiger partial charge in [0.25, 0.3) is 0 Å². The number of likely N-dealkylation sites (tertiary alicyclic amines) is 1. The molecule has 7 heteroatoms. The van der Waals surface area contributed by atoms with Crippen molar-refractivity contribution in [2.24, 2.45) is 5.92 Å². The molecule has 174 valence electrons. The second-order valence-electron chi connectivity index (χ2n) is 8.92. The second kappa shape index (κ2) is 9.43. The smallest absolute Gasteiger partial charge is 0.241 e. The van der Waals surface area contributed by atoms with E-state index in [0.29, 0.717) is 36.8 Å². The minimum absolute atomic E-state index is 0.0258. The van der Waals surface area contributed by atoms with Gasteiger partial charge in [0.05, 0.1) is 13.7 Å². The molecule has 0 radical (unpaired) electrons. The fraction of sp³-hybridized carbons (Fsp3) is 0.462. The van der Waals surface area contributed by atoms with E-state index in [1.54, 1.807) is 13.2 Å². The highest BCUT2D eigenvalue weighted by Crippen LogP contribution is 2.33. The number of nitrogens with zero attached hydrogens (tertiary/aromatic N) is 2. The molecular weight excluding hydrogens is 420 g/mol. The molecule has 1 amide bonds. The lowest BCUT2D eigenvalue weighted by molar-refractivity contribution is -0.120. The van der Waals surface area contributed by atoms with E-state index in [-0.39, 0.29) is 17.6 Å². The Labute approximate surface area is 194 Å². The highest BCUT2D eigenvalue weighted by molar-refractivity contribution is 5.98. The Morgan fingerprint density at radius 3 is 2.58 bits per heavy atom. The monoisotopic (exact) mass is 450 g/mol. The first-order chi connectivity index (χ1) is 16.1. The van der Waals surface area contributed by atoms with Crippen molar-refractivity contribution < 1.29 is 23.8 Å². The van der Waals surface area contributed by atoms with Crippen LogP contribution < -0.4 is 19.1 Å². The van der Waals surface area contributed by atoms with E-state index in [0.717, 1.165) is 62.3 Å². The SMILES string of the molecule is COc1ccc2c(c1)CCCN2C(=O)CN1CCC(C(=O)c2ccc3c(c2)OCCO3)CC1. The maximum atomic E-state index is 13.1. The van der Waals surface area contributed by atoms with Crippen LogP contribution in [0.1, 0.15) is 35.2 Å². The molecule has 1 saturated heterocycles. The number of amides is 1. The molecule has 0 atom stereocenters. The van der Waals surface area contributed by atoms with Crippen LogP contribution in [-0.2, 0) is 11.2 Å². The molecule has 1 fully saturated rings. The standard InChI is InChI=1S/C26H30N2O5/c1-31-21-5-6-22-19(15-21)3-2-10-28(22)25(29)17-27-11-8-18(9-12-27)26(30)20-4-7-23-24(16-20)33-14-13-32-23/h4-7,15-16,18H,2-3,8-14,17H2,1H3. The van der Waals surface area contributed by atoms with Crippen LogP contribution in [0, 0.1) is 5.92 Å². The number of benzene rings is 2. The summed E-state index contributed by atoms with van der Waals surface area (Å²) in [4.78, 5) is 30.2. The Kier molecular flexibility index (Phi) is 6.22. The summed E-state index contributed by atoms with van der Waals surface area (Å²) in [7, 11) is 1.66. The van der Waals surface area contributed by atoms with Crippen LogP contribution in [0.5, 0.6) is 17.2 Å². The summed E-state index contributed by atoms with van der Waals surface area (Å²) in [6, 6.07) is 11.4. The zero-order valence-corrected chi connectivity index (χ0v) is 19.0. The van der Waals surface area contributed by atoms with Gasteiger partial charge >= 0.3 is 0 Å². The number of methoxy groups -OCH3 is 1. The number of carbonyl (C=O) groups excluding carboxylic acids is 2. The number of anilines is 1. The van der Waals surface area contributed by atoms with Gasteiger partial charge in [-0.25, -0.2) is 0 Å². The molecule has 0 unspecified atom stereocenters. The molecule has 7 nitrogen and oxygen atoms in total. The number of rotatable bonds is 5. The fourth-order valence-corrected chi connectivity index (χ4v) is 5.02. The van der Waals surface area contributed by atoms with Crippen molar-refractivity contribution in [3.05, 3.63) is 47.5 Å². The summed E-state index contributed by atoms with van der Waals surface area (Å²) >= 11 is 0. The lowest BCUT2D eigenvalue weighted by atomic mass is 9.88. The first-order valence-electron chi connectivity index (χ1n) is 11.8. The normalized spacial score (nSPS) is 18.5. The van der Waals surface area contributed by atoms with Crippen LogP contribution in [0.4, 0.5) is 5.69 Å². The third kappa shape index (κ3) is 4.55. The minimum atomic E-state index is -0.0258. The van der Waals surface area contributed by atoms with Gasteiger partial charge in [0.1, 0.15) is 19.0 Å². The lowest BCUT2D eigenvalue weighted by Crippen LogP contribution is -2.45. The topological polar surface area (TPSA) is 68.3 Å². The van der Waals surface area contributed by atoms with E-state index >= 15 is 0 Å². The summed E-state index contributed by atoms with van der Waals surface area (Å²) < 4.78 is 16.5. The van der Waals surface area contributed by atoms with Crippen LogP contribution >= 0.6 is 0 Å². The molecule has 3 heterocycles. The van der Waals surface area contributed by atoms with Crippen molar-refractivity contribution >= 4 is 17.4 Å². The number of aryl methyl sites for hydroxylation is 1. The zero-order chi connectivity index (χ0) is 22.8. The highest BCUT2D eigenvalue weighted by atomic mass is 16.6. The average Bonchev–Trinajstić information content (AvgIpc) is 2.87. The van der Waals surface area contributed by atoms with Crippen LogP contribution in [0.2, 0.25) is 0 Å². The highest BCUT2D eigenvalue weighted by Gasteiger charge is 2.30. The van der Waals surface area contributed by atoms with Gasteiger partial charge in [-0.1, -0.05) is 0 Å². The average molecular weight is 451 g/mol. The van der Waals surface area contributed by atoms with Crippen molar-refractivity contribution in [3.8, 4) is 17.2 Å². The van der Waals surface area contributed by atoms with Gasteiger partial charge in [-0.15, -0.1) is 0 Å². The molecule has 0 aromatic heterocycles. The van der Waals surface area contributed by atoms with Gasteiger partial charge in [-0.2, -0.15) is 0 Å². The van der Waals surface area contributed by atoms with Gasteiger partial charge in [0.2, 0.25) is 5.91 Å². The summed E-state index contributed by atoms with van der Waals surface area (Å²) in [5.74, 6) is 2.42. The molecule has 0 spiro atoms. The van der Waals surface area contributed by atoms with Crippen LogP contribution in [-0.4, -0.2) is 63.1 Å². The fourth-order valence-electron chi connectivity index (χ4n) is 5.02. The summed E-state index contributed by atoms with van der Waals surface area (Å²) in [6.07, 6.45) is 3.43. The Morgan fingerprint density at radius 2 is 1.79 bits per heavy atom. The van der Waals surface area contributed by atoms with Crippen molar-refractivity contribution in [1.29, 1.82) is 0 Å². The molecule has 0 aliphatic carbocycles. The molecule has 2 aromatic carbocycles. The minimum Gasteiger partial charge on any atom is -0.497 e. The maximum absolute atomic E-state index is 13.1.